The van der Waals surface area contributed by atoms with Gasteiger partial charge in [-0.2, -0.15) is 0 Å². The van der Waals surface area contributed by atoms with Crippen molar-refractivity contribution in [2.45, 2.75) is 32.2 Å². The molecule has 0 aromatic heterocycles. The van der Waals surface area contributed by atoms with Gasteiger partial charge in [0.15, 0.2) is 0 Å². The fourth-order valence-electron chi connectivity index (χ4n) is 3.06. The Bertz CT molecular complexity index is 828. The summed E-state index contributed by atoms with van der Waals surface area (Å²) in [5, 5.41) is 11.5. The molecule has 1 fully saturated rings. The summed E-state index contributed by atoms with van der Waals surface area (Å²) < 4.78 is 0. The number of amides is 2. The monoisotopic (exact) mass is 366 g/mol. The van der Waals surface area contributed by atoms with Crippen molar-refractivity contribution in [2.24, 2.45) is 0 Å². The lowest BCUT2D eigenvalue weighted by atomic mass is 10.1. The largest absolute Gasteiger partial charge is 0.481 e. The Balaban J connectivity index is 1.56. The summed E-state index contributed by atoms with van der Waals surface area (Å²) in [4.78, 5) is 36.5. The van der Waals surface area contributed by atoms with Crippen molar-refractivity contribution < 1.29 is 19.5 Å². The van der Waals surface area contributed by atoms with E-state index < -0.39 is 5.97 Å². The van der Waals surface area contributed by atoms with Gasteiger partial charge < -0.3 is 15.3 Å². The second kappa shape index (κ2) is 8.49. The van der Waals surface area contributed by atoms with Crippen LogP contribution in [0.25, 0.3) is 0 Å². The van der Waals surface area contributed by atoms with Crippen LogP contribution in [0.4, 0.5) is 5.69 Å². The predicted molar refractivity (Wildman–Crippen MR) is 101 cm³/mol. The van der Waals surface area contributed by atoms with E-state index in [2.05, 4.69) is 5.32 Å². The lowest BCUT2D eigenvalue weighted by molar-refractivity contribution is -0.137. The lowest BCUT2D eigenvalue weighted by Gasteiger charge is -2.15. The number of hydrogen-bond donors (Lipinski definition) is 2. The van der Waals surface area contributed by atoms with Crippen LogP contribution in [0.2, 0.25) is 0 Å². The number of aliphatic carboxylic acids is 1. The van der Waals surface area contributed by atoms with Gasteiger partial charge in [0.1, 0.15) is 0 Å². The van der Waals surface area contributed by atoms with E-state index in [1.165, 1.54) is 0 Å². The number of benzene rings is 2. The van der Waals surface area contributed by atoms with E-state index in [0.717, 1.165) is 24.1 Å². The van der Waals surface area contributed by atoms with E-state index in [1.807, 2.05) is 29.2 Å². The first kappa shape index (κ1) is 18.6. The van der Waals surface area contributed by atoms with E-state index in [4.69, 9.17) is 5.11 Å². The highest BCUT2D eigenvalue weighted by Crippen LogP contribution is 2.16. The standard InChI is InChI=1S/C21H22N2O4/c24-19-2-1-13-23(19)14-16-3-8-17(9-4-16)21(27)22-18-10-5-15(6-11-18)7-12-20(25)26/h3-6,8-11H,1-2,7,12-14H2,(H,22,27)(H,25,26). The molecule has 0 radical (unpaired) electrons. The summed E-state index contributed by atoms with van der Waals surface area (Å²) in [5.41, 5.74) is 3.12. The molecule has 6 heteroatoms. The van der Waals surface area contributed by atoms with Gasteiger partial charge in [0.2, 0.25) is 5.91 Å². The van der Waals surface area contributed by atoms with Crippen LogP contribution in [0.5, 0.6) is 0 Å². The van der Waals surface area contributed by atoms with Crippen LogP contribution in [-0.2, 0) is 22.6 Å². The Morgan fingerprint density at radius 1 is 1.00 bits per heavy atom. The minimum atomic E-state index is -0.829. The number of carbonyl (C=O) groups excluding carboxylic acids is 2. The third-order valence-corrected chi connectivity index (χ3v) is 4.60. The fraction of sp³-hybridized carbons (Fsp3) is 0.286. The number of carboxylic acids is 1. The lowest BCUT2D eigenvalue weighted by Crippen LogP contribution is -2.23. The molecule has 0 aliphatic carbocycles. The van der Waals surface area contributed by atoms with Crippen molar-refractivity contribution in [3.63, 3.8) is 0 Å². The summed E-state index contributed by atoms with van der Waals surface area (Å²) >= 11 is 0. The minimum absolute atomic E-state index is 0.0844. The highest BCUT2D eigenvalue weighted by molar-refractivity contribution is 6.04. The predicted octanol–water partition coefficient (Wildman–Crippen LogP) is 3.08. The van der Waals surface area contributed by atoms with Gasteiger partial charge in [-0.25, -0.2) is 0 Å². The zero-order valence-electron chi connectivity index (χ0n) is 15.0. The van der Waals surface area contributed by atoms with Gasteiger partial charge in [0, 0.05) is 37.2 Å². The quantitative estimate of drug-likeness (QED) is 0.788. The molecule has 0 bridgehead atoms. The number of carbonyl (C=O) groups is 3. The van der Waals surface area contributed by atoms with Crippen molar-refractivity contribution >= 4 is 23.5 Å². The smallest absolute Gasteiger partial charge is 0.303 e. The normalized spacial score (nSPS) is 13.6. The summed E-state index contributed by atoms with van der Waals surface area (Å²) in [5.74, 6) is -0.856. The number of hydrogen-bond acceptors (Lipinski definition) is 3. The Labute approximate surface area is 157 Å². The molecule has 2 aromatic rings. The van der Waals surface area contributed by atoms with E-state index in [-0.39, 0.29) is 18.2 Å². The molecule has 2 aromatic carbocycles. The summed E-state index contributed by atoms with van der Waals surface area (Å²) in [6.07, 6.45) is 2.08. The van der Waals surface area contributed by atoms with E-state index in [9.17, 15) is 14.4 Å². The molecule has 0 atom stereocenters. The van der Waals surface area contributed by atoms with Crippen molar-refractivity contribution in [3.8, 4) is 0 Å². The van der Waals surface area contributed by atoms with Gasteiger partial charge in [-0.15, -0.1) is 0 Å². The Morgan fingerprint density at radius 2 is 1.67 bits per heavy atom. The molecule has 0 saturated carbocycles. The van der Waals surface area contributed by atoms with E-state index in [1.54, 1.807) is 24.3 Å². The Hall–Kier alpha value is -3.15. The highest BCUT2D eigenvalue weighted by Gasteiger charge is 2.20. The Kier molecular flexibility index (Phi) is 5.86. The van der Waals surface area contributed by atoms with Gasteiger partial charge in [-0.3, -0.25) is 14.4 Å². The molecule has 0 spiro atoms. The van der Waals surface area contributed by atoms with Crippen LogP contribution in [0.3, 0.4) is 0 Å². The molecule has 27 heavy (non-hydrogen) atoms. The minimum Gasteiger partial charge on any atom is -0.481 e. The molecule has 3 rings (SSSR count). The van der Waals surface area contributed by atoms with Gasteiger partial charge in [0.05, 0.1) is 0 Å². The Morgan fingerprint density at radius 3 is 2.26 bits per heavy atom. The zero-order valence-corrected chi connectivity index (χ0v) is 15.0. The number of nitrogens with one attached hydrogen (secondary N) is 1. The SMILES string of the molecule is O=C(O)CCc1ccc(NC(=O)c2ccc(CN3CCCC3=O)cc2)cc1. The molecule has 6 nitrogen and oxygen atoms in total. The molecule has 1 aliphatic heterocycles. The maximum Gasteiger partial charge on any atom is 0.303 e. The van der Waals surface area contributed by atoms with Crippen LogP contribution < -0.4 is 5.32 Å². The maximum absolute atomic E-state index is 12.4. The molecule has 2 amide bonds. The van der Waals surface area contributed by atoms with Gasteiger partial charge in [0.25, 0.3) is 5.91 Å². The van der Waals surface area contributed by atoms with Crippen molar-refractivity contribution in [3.05, 3.63) is 65.2 Å². The molecule has 1 heterocycles. The van der Waals surface area contributed by atoms with Crippen LogP contribution in [0, 0.1) is 0 Å². The molecule has 140 valence electrons. The third-order valence-electron chi connectivity index (χ3n) is 4.60. The zero-order chi connectivity index (χ0) is 19.2. The van der Waals surface area contributed by atoms with Crippen molar-refractivity contribution in [1.82, 2.24) is 4.90 Å². The van der Waals surface area contributed by atoms with Crippen LogP contribution >= 0.6 is 0 Å². The highest BCUT2D eigenvalue weighted by atomic mass is 16.4. The second-order valence-corrected chi connectivity index (χ2v) is 6.66. The number of rotatable bonds is 7. The third kappa shape index (κ3) is 5.17. The van der Waals surface area contributed by atoms with Gasteiger partial charge in [-0.05, 0) is 48.2 Å². The first-order valence-corrected chi connectivity index (χ1v) is 9.00. The van der Waals surface area contributed by atoms with Crippen LogP contribution in [0.1, 0.15) is 40.7 Å². The second-order valence-electron chi connectivity index (χ2n) is 6.66. The molecule has 2 N–H and O–H groups in total. The first-order chi connectivity index (χ1) is 13.0. The van der Waals surface area contributed by atoms with E-state index >= 15 is 0 Å². The first-order valence-electron chi connectivity index (χ1n) is 9.00. The summed E-state index contributed by atoms with van der Waals surface area (Å²) in [6, 6.07) is 14.4. The summed E-state index contributed by atoms with van der Waals surface area (Å²) in [7, 11) is 0. The molecular weight excluding hydrogens is 344 g/mol. The fourth-order valence-corrected chi connectivity index (χ4v) is 3.06. The number of likely N-dealkylation sites (tertiary alicyclic amines) is 1. The topological polar surface area (TPSA) is 86.7 Å². The number of nitrogens with zero attached hydrogens (tertiary/aromatic N) is 1. The van der Waals surface area contributed by atoms with Crippen molar-refractivity contribution in [2.75, 3.05) is 11.9 Å². The van der Waals surface area contributed by atoms with Gasteiger partial charge >= 0.3 is 5.97 Å². The molecular formula is C21H22N2O4. The average molecular weight is 366 g/mol. The summed E-state index contributed by atoms with van der Waals surface area (Å²) in [6.45, 7) is 1.38. The maximum atomic E-state index is 12.4. The average Bonchev–Trinajstić information content (AvgIpc) is 3.06. The molecule has 1 saturated heterocycles. The van der Waals surface area contributed by atoms with Gasteiger partial charge in [-0.1, -0.05) is 24.3 Å². The number of carboxylic acid groups (broad SMARTS) is 1. The number of anilines is 1. The molecule has 0 unspecified atom stereocenters. The van der Waals surface area contributed by atoms with Crippen LogP contribution in [-0.4, -0.2) is 34.3 Å². The van der Waals surface area contributed by atoms with E-state index in [0.29, 0.717) is 30.6 Å². The number of aryl methyl sites for hydroxylation is 1. The van der Waals surface area contributed by atoms with Crippen LogP contribution in [0.15, 0.2) is 48.5 Å². The molecule has 1 aliphatic rings. The van der Waals surface area contributed by atoms with Crippen molar-refractivity contribution in [1.29, 1.82) is 0 Å².